The summed E-state index contributed by atoms with van der Waals surface area (Å²) >= 11 is 0. The molecule has 0 aliphatic carbocycles. The summed E-state index contributed by atoms with van der Waals surface area (Å²) in [6.45, 7) is 2.25. The molecule has 10 nitrogen and oxygen atoms in total. The maximum Gasteiger partial charge on any atom is 0.453 e. The molecule has 0 saturated carbocycles. The second-order valence-corrected chi connectivity index (χ2v) is 8.46. The average Bonchev–Trinajstić information content (AvgIpc) is 3.33. The molecule has 13 heteroatoms. The van der Waals surface area contributed by atoms with Crippen LogP contribution in [0.25, 0.3) is 5.65 Å². The fourth-order valence-electron chi connectivity index (χ4n) is 4.48. The first-order chi connectivity index (χ1) is 15.9. The number of nitrogens with zero attached hydrogens (tertiary/aromatic N) is 8. The highest BCUT2D eigenvalue weighted by molar-refractivity contribution is 5.78. The van der Waals surface area contributed by atoms with Crippen molar-refractivity contribution >= 4 is 17.4 Å². The van der Waals surface area contributed by atoms with Crippen molar-refractivity contribution in [1.82, 2.24) is 39.9 Å². The van der Waals surface area contributed by atoms with E-state index in [4.69, 9.17) is 0 Å². The van der Waals surface area contributed by atoms with Crippen molar-refractivity contribution in [1.29, 1.82) is 0 Å². The van der Waals surface area contributed by atoms with E-state index in [-0.39, 0.29) is 17.5 Å². The third-order valence-corrected chi connectivity index (χ3v) is 6.30. The molecule has 0 radical (unpaired) electrons. The molecule has 0 spiro atoms. The number of anilines is 1. The van der Waals surface area contributed by atoms with Crippen molar-refractivity contribution in [3.8, 4) is 0 Å². The van der Waals surface area contributed by atoms with Gasteiger partial charge in [0.15, 0.2) is 11.5 Å². The Morgan fingerprint density at radius 3 is 2.64 bits per heavy atom. The second kappa shape index (κ2) is 8.60. The van der Waals surface area contributed by atoms with Crippen molar-refractivity contribution in [2.45, 2.75) is 57.8 Å². The van der Waals surface area contributed by atoms with E-state index in [0.29, 0.717) is 38.3 Å². The fourth-order valence-corrected chi connectivity index (χ4v) is 4.48. The Bertz CT molecular complexity index is 1150. The summed E-state index contributed by atoms with van der Waals surface area (Å²) in [6.07, 6.45) is 0.807. The Kier molecular flexibility index (Phi) is 5.62. The van der Waals surface area contributed by atoms with Crippen molar-refractivity contribution in [2.24, 2.45) is 5.92 Å². The molecule has 0 bridgehead atoms. The summed E-state index contributed by atoms with van der Waals surface area (Å²) < 4.78 is 42.2. The van der Waals surface area contributed by atoms with Gasteiger partial charge < -0.3 is 14.8 Å². The number of alkyl halides is 3. The highest BCUT2D eigenvalue weighted by atomic mass is 19.4. The number of carbonyl (C=O) groups is 1. The maximum atomic E-state index is 13.1. The van der Waals surface area contributed by atoms with Gasteiger partial charge in [-0.2, -0.15) is 17.7 Å². The van der Waals surface area contributed by atoms with Gasteiger partial charge in [-0.15, -0.1) is 25.5 Å². The Morgan fingerprint density at radius 1 is 1.03 bits per heavy atom. The smallest absolute Gasteiger partial charge is 0.355 e. The monoisotopic (exact) mass is 463 g/mol. The van der Waals surface area contributed by atoms with Gasteiger partial charge in [-0.1, -0.05) is 6.42 Å². The zero-order valence-electron chi connectivity index (χ0n) is 17.9. The van der Waals surface area contributed by atoms with Gasteiger partial charge in [-0.25, -0.2) is 0 Å². The molecule has 2 aliphatic rings. The van der Waals surface area contributed by atoms with Crippen LogP contribution in [-0.4, -0.2) is 53.6 Å². The van der Waals surface area contributed by atoms with E-state index in [2.05, 4.69) is 35.4 Å². The van der Waals surface area contributed by atoms with E-state index in [1.54, 1.807) is 6.07 Å². The number of fused-ring (bicyclic) bond motifs is 2. The first-order valence-electron chi connectivity index (χ1n) is 11.1. The Morgan fingerprint density at radius 2 is 1.85 bits per heavy atom. The summed E-state index contributed by atoms with van der Waals surface area (Å²) in [5, 5.41) is 22.3. The topological polar surface area (TPSA) is 106 Å². The predicted molar refractivity (Wildman–Crippen MR) is 110 cm³/mol. The number of amides is 1. The highest BCUT2D eigenvalue weighted by Gasteiger charge is 2.38. The standard InChI is InChI=1S/C20H24F3N9O/c21-20(22,23)19-28-26-15-5-6-16(29-32(15)19)30-10-7-13(8-11-30)18(33)24-12-17-27-25-14-4-2-1-3-9-31(14)17/h5-6,13H,1-4,7-12H2,(H,24,33). The second-order valence-electron chi connectivity index (χ2n) is 8.46. The van der Waals surface area contributed by atoms with Crippen molar-refractivity contribution in [3.05, 3.63) is 29.6 Å². The highest BCUT2D eigenvalue weighted by Crippen LogP contribution is 2.28. The molecular formula is C20H24F3N9O. The van der Waals surface area contributed by atoms with Gasteiger partial charge in [-0.3, -0.25) is 4.79 Å². The third kappa shape index (κ3) is 4.35. The number of piperidine rings is 1. The van der Waals surface area contributed by atoms with E-state index in [0.717, 1.165) is 42.0 Å². The first kappa shape index (κ1) is 21.6. The van der Waals surface area contributed by atoms with Crippen molar-refractivity contribution in [3.63, 3.8) is 0 Å². The van der Waals surface area contributed by atoms with Crippen LogP contribution in [0.4, 0.5) is 19.0 Å². The summed E-state index contributed by atoms with van der Waals surface area (Å²) in [5.74, 6) is 0.804. The molecule has 33 heavy (non-hydrogen) atoms. The zero-order chi connectivity index (χ0) is 23.0. The lowest BCUT2D eigenvalue weighted by molar-refractivity contribution is -0.146. The van der Waals surface area contributed by atoms with Gasteiger partial charge in [0, 0.05) is 32.0 Å². The van der Waals surface area contributed by atoms with Crippen LogP contribution in [-0.2, 0) is 30.5 Å². The molecule has 1 amide bonds. The summed E-state index contributed by atoms with van der Waals surface area (Å²) in [7, 11) is 0. The number of hydrogen-bond donors (Lipinski definition) is 1. The number of hydrogen-bond acceptors (Lipinski definition) is 7. The quantitative estimate of drug-likeness (QED) is 0.631. The van der Waals surface area contributed by atoms with Crippen LogP contribution in [0.15, 0.2) is 12.1 Å². The minimum Gasteiger partial charge on any atom is -0.355 e. The minimum atomic E-state index is -4.64. The van der Waals surface area contributed by atoms with Gasteiger partial charge in [-0.05, 0) is 37.8 Å². The lowest BCUT2D eigenvalue weighted by atomic mass is 9.96. The van der Waals surface area contributed by atoms with E-state index in [1.807, 2.05) is 4.90 Å². The molecule has 0 aromatic carbocycles. The molecule has 5 rings (SSSR count). The van der Waals surface area contributed by atoms with Crippen LogP contribution >= 0.6 is 0 Å². The molecular weight excluding hydrogens is 439 g/mol. The Balaban J connectivity index is 1.19. The first-order valence-corrected chi connectivity index (χ1v) is 11.1. The molecule has 0 unspecified atom stereocenters. The maximum absolute atomic E-state index is 13.1. The van der Waals surface area contributed by atoms with E-state index in [1.165, 1.54) is 12.5 Å². The van der Waals surface area contributed by atoms with Gasteiger partial charge in [0.25, 0.3) is 5.82 Å². The normalized spacial score (nSPS) is 17.7. The van der Waals surface area contributed by atoms with E-state index in [9.17, 15) is 18.0 Å². The van der Waals surface area contributed by atoms with Crippen LogP contribution in [0.1, 0.15) is 49.6 Å². The van der Waals surface area contributed by atoms with E-state index >= 15 is 0 Å². The molecule has 5 heterocycles. The molecule has 3 aromatic heterocycles. The zero-order valence-corrected chi connectivity index (χ0v) is 17.9. The number of halogens is 3. The lowest BCUT2D eigenvalue weighted by Gasteiger charge is -2.32. The van der Waals surface area contributed by atoms with Crippen molar-refractivity contribution < 1.29 is 18.0 Å². The van der Waals surface area contributed by atoms with E-state index < -0.39 is 12.0 Å². The third-order valence-electron chi connectivity index (χ3n) is 6.30. The number of carbonyl (C=O) groups excluding carboxylic acids is 1. The van der Waals surface area contributed by atoms with Crippen LogP contribution in [0, 0.1) is 5.92 Å². The summed E-state index contributed by atoms with van der Waals surface area (Å²) in [6, 6.07) is 3.09. The predicted octanol–water partition coefficient (Wildman–Crippen LogP) is 1.99. The molecule has 3 aromatic rings. The number of nitrogens with one attached hydrogen (secondary N) is 1. The van der Waals surface area contributed by atoms with Crippen LogP contribution < -0.4 is 10.2 Å². The summed E-state index contributed by atoms with van der Waals surface area (Å²) in [4.78, 5) is 14.6. The van der Waals surface area contributed by atoms with Crippen LogP contribution in [0.5, 0.6) is 0 Å². The van der Waals surface area contributed by atoms with Crippen molar-refractivity contribution in [2.75, 3.05) is 18.0 Å². The Hall–Kier alpha value is -3.25. The largest absolute Gasteiger partial charge is 0.453 e. The number of rotatable bonds is 4. The SMILES string of the molecule is O=C(NCc1nnc2n1CCCCC2)C1CCN(c2ccc3nnc(C(F)(F)F)n3n2)CC1. The molecule has 1 saturated heterocycles. The number of aryl methyl sites for hydroxylation is 1. The lowest BCUT2D eigenvalue weighted by Crippen LogP contribution is -2.41. The van der Waals surface area contributed by atoms with Gasteiger partial charge in [0.05, 0.1) is 6.54 Å². The molecule has 1 fully saturated rings. The average molecular weight is 463 g/mol. The fraction of sp³-hybridized carbons (Fsp3) is 0.600. The molecule has 0 atom stereocenters. The molecule has 176 valence electrons. The van der Waals surface area contributed by atoms with Crippen LogP contribution in [0.3, 0.4) is 0 Å². The summed E-state index contributed by atoms with van der Waals surface area (Å²) in [5.41, 5.74) is 0.0340. The molecule has 1 N–H and O–H groups in total. The van der Waals surface area contributed by atoms with Gasteiger partial charge in [0.2, 0.25) is 5.91 Å². The molecule has 2 aliphatic heterocycles. The number of aromatic nitrogens is 7. The van der Waals surface area contributed by atoms with Gasteiger partial charge >= 0.3 is 6.18 Å². The minimum absolute atomic E-state index is 0.0340. The van der Waals surface area contributed by atoms with Gasteiger partial charge in [0.1, 0.15) is 11.6 Å². The van der Waals surface area contributed by atoms with Crippen LogP contribution in [0.2, 0.25) is 0 Å². The Labute approximate surface area is 187 Å².